The van der Waals surface area contributed by atoms with Gasteiger partial charge in [-0.3, -0.25) is 19.5 Å². The molecule has 1 aromatic carbocycles. The van der Waals surface area contributed by atoms with Crippen LogP contribution < -0.4 is 15.6 Å². The molecule has 1 N–H and O–H groups in total. The third-order valence-corrected chi connectivity index (χ3v) is 5.40. The van der Waals surface area contributed by atoms with E-state index in [1.54, 1.807) is 24.4 Å². The number of likely N-dealkylation sites (N-methyl/N-ethyl adjacent to an activating group) is 1. The van der Waals surface area contributed by atoms with Crippen molar-refractivity contribution in [2.75, 3.05) is 20.1 Å². The maximum Gasteiger partial charge on any atom is 0.270 e. The van der Waals surface area contributed by atoms with Gasteiger partial charge in [-0.05, 0) is 45.1 Å². The summed E-state index contributed by atoms with van der Waals surface area (Å²) in [4.78, 5) is 25.5. The first kappa shape index (κ1) is 21.5. The Kier molecular flexibility index (Phi) is 5.93. The highest BCUT2D eigenvalue weighted by Crippen LogP contribution is 2.42. The van der Waals surface area contributed by atoms with Crippen LogP contribution in [0.5, 0.6) is 5.75 Å². The van der Waals surface area contributed by atoms with Crippen LogP contribution in [-0.2, 0) is 0 Å². The molecule has 2 aromatic rings. The van der Waals surface area contributed by atoms with Crippen molar-refractivity contribution >= 4 is 28.7 Å². The number of benzene rings is 1. The molecule has 0 amide bonds. The smallest absolute Gasteiger partial charge is 0.270 e. The molecule has 0 bridgehead atoms. The largest absolute Gasteiger partial charge is 0.483 e. The number of hydrogen-bond acceptors (Lipinski definition) is 5. The summed E-state index contributed by atoms with van der Waals surface area (Å²) in [6.45, 7) is 6.83. The summed E-state index contributed by atoms with van der Waals surface area (Å²) in [5, 5.41) is 15.1. The number of nitro groups is 1. The topological polar surface area (TPSA) is 89.6 Å². The fourth-order valence-electron chi connectivity index (χ4n) is 3.44. The minimum atomic E-state index is -0.774. The van der Waals surface area contributed by atoms with Gasteiger partial charge in [0, 0.05) is 55.7 Å². The SMILES string of the molecule is CCNC(=S)N(C)CC1=C(n2ccccc2=O)c2cc([N+](=O)[O-])ccc2OC1(C)C. The lowest BCUT2D eigenvalue weighted by molar-refractivity contribution is -0.384. The zero-order chi connectivity index (χ0) is 22.1. The van der Waals surface area contributed by atoms with Crippen LogP contribution in [0, 0.1) is 10.1 Å². The number of aromatic nitrogens is 1. The molecule has 30 heavy (non-hydrogen) atoms. The van der Waals surface area contributed by atoms with E-state index >= 15 is 0 Å². The van der Waals surface area contributed by atoms with Gasteiger partial charge in [-0.25, -0.2) is 0 Å². The Hall–Kier alpha value is -3.20. The molecule has 0 saturated carbocycles. The van der Waals surface area contributed by atoms with Crippen molar-refractivity contribution in [1.29, 1.82) is 0 Å². The highest BCUT2D eigenvalue weighted by atomic mass is 32.1. The Balaban J connectivity index is 2.29. The molecule has 158 valence electrons. The summed E-state index contributed by atoms with van der Waals surface area (Å²) >= 11 is 5.43. The van der Waals surface area contributed by atoms with Crippen LogP contribution >= 0.6 is 12.2 Å². The molecule has 0 saturated heterocycles. The number of nitrogens with one attached hydrogen (secondary N) is 1. The summed E-state index contributed by atoms with van der Waals surface area (Å²) < 4.78 is 7.72. The normalized spacial score (nSPS) is 14.5. The molecule has 0 spiro atoms. The van der Waals surface area contributed by atoms with Crippen LogP contribution in [0.3, 0.4) is 0 Å². The fourth-order valence-corrected chi connectivity index (χ4v) is 3.65. The second-order valence-electron chi connectivity index (χ2n) is 7.48. The molecule has 9 heteroatoms. The summed E-state index contributed by atoms with van der Waals surface area (Å²) in [7, 11) is 1.85. The molecule has 1 aromatic heterocycles. The summed E-state index contributed by atoms with van der Waals surface area (Å²) in [6.07, 6.45) is 1.66. The van der Waals surface area contributed by atoms with Crippen molar-refractivity contribution in [1.82, 2.24) is 14.8 Å². The molecule has 0 fully saturated rings. The average Bonchev–Trinajstić information content (AvgIpc) is 2.68. The molecular formula is C21H24N4O4S. The van der Waals surface area contributed by atoms with Crippen LogP contribution in [0.2, 0.25) is 0 Å². The minimum absolute atomic E-state index is 0.0746. The maximum atomic E-state index is 12.7. The lowest BCUT2D eigenvalue weighted by Crippen LogP contribution is -2.45. The number of nitro benzene ring substituents is 1. The first-order valence-electron chi connectivity index (χ1n) is 9.54. The molecule has 1 aliphatic rings. The van der Waals surface area contributed by atoms with E-state index in [4.69, 9.17) is 17.0 Å². The van der Waals surface area contributed by atoms with Crippen LogP contribution in [-0.4, -0.2) is 45.2 Å². The number of non-ortho nitro benzene ring substituents is 1. The Bertz CT molecular complexity index is 1090. The van der Waals surface area contributed by atoms with Crippen molar-refractivity contribution in [3.05, 3.63) is 74.2 Å². The van der Waals surface area contributed by atoms with E-state index < -0.39 is 10.5 Å². The lowest BCUT2D eigenvalue weighted by Gasteiger charge is -2.39. The fraction of sp³-hybridized carbons (Fsp3) is 0.333. The Labute approximate surface area is 179 Å². The Morgan fingerprint density at radius 2 is 2.07 bits per heavy atom. The van der Waals surface area contributed by atoms with Gasteiger partial charge in [0.15, 0.2) is 5.11 Å². The first-order valence-corrected chi connectivity index (χ1v) is 9.95. The first-order chi connectivity index (χ1) is 14.2. The van der Waals surface area contributed by atoms with E-state index in [2.05, 4.69) is 5.32 Å². The van der Waals surface area contributed by atoms with Gasteiger partial charge in [0.1, 0.15) is 11.4 Å². The van der Waals surface area contributed by atoms with E-state index in [1.165, 1.54) is 22.8 Å². The molecule has 8 nitrogen and oxygen atoms in total. The molecule has 1 aliphatic heterocycles. The van der Waals surface area contributed by atoms with Crippen molar-refractivity contribution in [2.24, 2.45) is 0 Å². The van der Waals surface area contributed by atoms with E-state index in [0.717, 1.165) is 5.57 Å². The number of hydrogen-bond donors (Lipinski definition) is 1. The van der Waals surface area contributed by atoms with E-state index in [9.17, 15) is 14.9 Å². The molecule has 0 unspecified atom stereocenters. The van der Waals surface area contributed by atoms with Gasteiger partial charge < -0.3 is 15.0 Å². The zero-order valence-electron chi connectivity index (χ0n) is 17.3. The number of ether oxygens (including phenoxy) is 1. The Morgan fingerprint density at radius 1 is 1.33 bits per heavy atom. The summed E-state index contributed by atoms with van der Waals surface area (Å²) in [5.41, 5.74) is 0.762. The predicted molar refractivity (Wildman–Crippen MR) is 120 cm³/mol. The second-order valence-corrected chi connectivity index (χ2v) is 7.86. The highest BCUT2D eigenvalue weighted by Gasteiger charge is 2.37. The van der Waals surface area contributed by atoms with Gasteiger partial charge in [0.05, 0.1) is 10.6 Å². The zero-order valence-corrected chi connectivity index (χ0v) is 18.2. The number of rotatable bonds is 5. The molecular weight excluding hydrogens is 404 g/mol. The predicted octanol–water partition coefficient (Wildman–Crippen LogP) is 3.01. The molecule has 3 rings (SSSR count). The third kappa shape index (κ3) is 4.06. The number of fused-ring (bicyclic) bond motifs is 1. The van der Waals surface area contributed by atoms with E-state index in [1.807, 2.05) is 32.7 Å². The third-order valence-electron chi connectivity index (χ3n) is 4.94. The maximum absolute atomic E-state index is 12.7. The van der Waals surface area contributed by atoms with Crippen molar-refractivity contribution < 1.29 is 9.66 Å². The second kappa shape index (κ2) is 8.27. The quantitative estimate of drug-likeness (QED) is 0.445. The van der Waals surface area contributed by atoms with Crippen molar-refractivity contribution in [3.8, 4) is 5.75 Å². The number of pyridine rings is 1. The Morgan fingerprint density at radius 3 is 2.70 bits per heavy atom. The standard InChI is InChI=1S/C21H24N4O4S/c1-5-22-20(30)23(4)13-16-19(24-11-7-6-8-18(24)26)15-12-14(25(27)28)9-10-17(15)29-21(16,2)3/h6-12H,5,13H2,1-4H3,(H,22,30). The molecule has 0 aliphatic carbocycles. The minimum Gasteiger partial charge on any atom is -0.483 e. The van der Waals surface area contributed by atoms with Gasteiger partial charge in [-0.15, -0.1) is 0 Å². The van der Waals surface area contributed by atoms with Gasteiger partial charge >= 0.3 is 0 Å². The van der Waals surface area contributed by atoms with Gasteiger partial charge in [0.2, 0.25) is 0 Å². The molecule has 2 heterocycles. The van der Waals surface area contributed by atoms with Gasteiger partial charge in [-0.1, -0.05) is 6.07 Å². The van der Waals surface area contributed by atoms with Gasteiger partial charge in [-0.2, -0.15) is 0 Å². The lowest BCUT2D eigenvalue weighted by atomic mass is 9.88. The van der Waals surface area contributed by atoms with Crippen molar-refractivity contribution in [3.63, 3.8) is 0 Å². The van der Waals surface area contributed by atoms with Crippen LogP contribution in [0.4, 0.5) is 5.69 Å². The molecule has 0 radical (unpaired) electrons. The van der Waals surface area contributed by atoms with Gasteiger partial charge in [0.25, 0.3) is 11.2 Å². The van der Waals surface area contributed by atoms with E-state index in [-0.39, 0.29) is 11.2 Å². The molecule has 0 atom stereocenters. The van der Waals surface area contributed by atoms with Crippen LogP contribution in [0.1, 0.15) is 26.3 Å². The number of thiocarbonyl (C=S) groups is 1. The van der Waals surface area contributed by atoms with E-state index in [0.29, 0.717) is 35.2 Å². The summed E-state index contributed by atoms with van der Waals surface area (Å²) in [6, 6.07) is 9.28. The average molecular weight is 429 g/mol. The summed E-state index contributed by atoms with van der Waals surface area (Å²) in [5.74, 6) is 0.483. The number of nitrogens with zero attached hydrogens (tertiary/aromatic N) is 3. The van der Waals surface area contributed by atoms with Crippen LogP contribution in [0.25, 0.3) is 5.70 Å². The van der Waals surface area contributed by atoms with Crippen molar-refractivity contribution in [2.45, 2.75) is 26.4 Å². The van der Waals surface area contributed by atoms with Crippen LogP contribution in [0.15, 0.2) is 53.0 Å². The monoisotopic (exact) mass is 428 g/mol. The highest BCUT2D eigenvalue weighted by molar-refractivity contribution is 7.80.